The Morgan fingerprint density at radius 2 is 1.78 bits per heavy atom. The number of aliphatic hydroxyl groups is 1. The number of nitriles is 1. The summed E-state index contributed by atoms with van der Waals surface area (Å²) in [7, 11) is 0. The van der Waals surface area contributed by atoms with E-state index in [0.717, 1.165) is 16.8 Å². The second kappa shape index (κ2) is 5.85. The molecule has 0 spiro atoms. The van der Waals surface area contributed by atoms with Gasteiger partial charge in [0.2, 0.25) is 0 Å². The van der Waals surface area contributed by atoms with Crippen molar-refractivity contribution in [1.82, 2.24) is 0 Å². The topological polar surface area (TPSA) is 56.0 Å². The van der Waals surface area contributed by atoms with Crippen molar-refractivity contribution in [1.29, 1.82) is 5.26 Å². The standard InChI is InChI=1S/C15H14N2O/c16-9-12-4-6-15(7-5-12)17-10-13-2-1-3-14(8-13)11-18/h1-8,17-18H,10-11H2. The zero-order valence-electron chi connectivity index (χ0n) is 9.93. The normalized spacial score (nSPS) is 9.78. The molecule has 90 valence electrons. The molecule has 2 rings (SSSR count). The number of hydrogen-bond donors (Lipinski definition) is 2. The number of benzene rings is 2. The summed E-state index contributed by atoms with van der Waals surface area (Å²) in [6.45, 7) is 0.754. The molecule has 0 bridgehead atoms. The smallest absolute Gasteiger partial charge is 0.0991 e. The van der Waals surface area contributed by atoms with Gasteiger partial charge in [-0.25, -0.2) is 0 Å². The van der Waals surface area contributed by atoms with E-state index in [2.05, 4.69) is 11.4 Å². The Hall–Kier alpha value is -2.31. The van der Waals surface area contributed by atoms with Gasteiger partial charge in [0.25, 0.3) is 0 Å². The third-order valence-corrected chi connectivity index (χ3v) is 2.68. The van der Waals surface area contributed by atoms with E-state index in [0.29, 0.717) is 12.1 Å². The van der Waals surface area contributed by atoms with Crippen LogP contribution in [0.5, 0.6) is 0 Å². The molecular formula is C15H14N2O. The van der Waals surface area contributed by atoms with Crippen molar-refractivity contribution in [3.63, 3.8) is 0 Å². The maximum absolute atomic E-state index is 9.05. The predicted molar refractivity (Wildman–Crippen MR) is 70.8 cm³/mol. The van der Waals surface area contributed by atoms with Gasteiger partial charge in [0.15, 0.2) is 0 Å². The average Bonchev–Trinajstić information content (AvgIpc) is 2.46. The van der Waals surface area contributed by atoms with Gasteiger partial charge in [0.1, 0.15) is 0 Å². The highest BCUT2D eigenvalue weighted by Gasteiger charge is 1.96. The van der Waals surface area contributed by atoms with Gasteiger partial charge in [-0.3, -0.25) is 0 Å². The predicted octanol–water partition coefficient (Wildman–Crippen LogP) is 2.66. The molecule has 0 atom stereocenters. The molecule has 0 aliphatic rings. The fourth-order valence-corrected chi connectivity index (χ4v) is 1.70. The number of hydrogen-bond acceptors (Lipinski definition) is 3. The van der Waals surface area contributed by atoms with E-state index in [4.69, 9.17) is 10.4 Å². The maximum atomic E-state index is 9.05. The Bertz CT molecular complexity index is 555. The summed E-state index contributed by atoms with van der Waals surface area (Å²) in [6, 6.07) is 17.2. The van der Waals surface area contributed by atoms with Crippen LogP contribution in [-0.4, -0.2) is 5.11 Å². The highest BCUT2D eigenvalue weighted by Crippen LogP contribution is 2.11. The molecule has 0 heterocycles. The molecule has 0 aliphatic carbocycles. The van der Waals surface area contributed by atoms with Gasteiger partial charge in [-0.2, -0.15) is 5.26 Å². The van der Waals surface area contributed by atoms with Crippen molar-refractivity contribution in [2.24, 2.45) is 0 Å². The van der Waals surface area contributed by atoms with Gasteiger partial charge in [-0.05, 0) is 35.4 Å². The number of nitrogens with one attached hydrogen (secondary N) is 1. The lowest BCUT2D eigenvalue weighted by atomic mass is 10.1. The van der Waals surface area contributed by atoms with Crippen molar-refractivity contribution >= 4 is 5.69 Å². The van der Waals surface area contributed by atoms with Gasteiger partial charge >= 0.3 is 0 Å². The minimum absolute atomic E-state index is 0.0602. The number of anilines is 1. The zero-order valence-corrected chi connectivity index (χ0v) is 9.93. The van der Waals surface area contributed by atoms with Crippen LogP contribution >= 0.6 is 0 Å². The quantitative estimate of drug-likeness (QED) is 0.861. The van der Waals surface area contributed by atoms with E-state index in [1.807, 2.05) is 36.4 Å². The van der Waals surface area contributed by atoms with Gasteiger partial charge in [-0.1, -0.05) is 24.3 Å². The third kappa shape index (κ3) is 3.09. The van der Waals surface area contributed by atoms with E-state index in [-0.39, 0.29) is 6.61 Å². The number of rotatable bonds is 4. The van der Waals surface area contributed by atoms with Crippen LogP contribution < -0.4 is 5.32 Å². The number of aliphatic hydroxyl groups excluding tert-OH is 1. The summed E-state index contributed by atoms with van der Waals surface area (Å²) >= 11 is 0. The van der Waals surface area contributed by atoms with Crippen LogP contribution in [0.4, 0.5) is 5.69 Å². The summed E-state index contributed by atoms with van der Waals surface area (Å²) in [5.74, 6) is 0. The van der Waals surface area contributed by atoms with Crippen molar-refractivity contribution in [2.45, 2.75) is 13.2 Å². The fourth-order valence-electron chi connectivity index (χ4n) is 1.70. The molecule has 2 aromatic carbocycles. The lowest BCUT2D eigenvalue weighted by molar-refractivity contribution is 0.281. The van der Waals surface area contributed by atoms with Crippen molar-refractivity contribution in [2.75, 3.05) is 5.32 Å². The first-order valence-electron chi connectivity index (χ1n) is 5.74. The molecule has 0 unspecified atom stereocenters. The monoisotopic (exact) mass is 238 g/mol. The summed E-state index contributed by atoms with van der Waals surface area (Å²) in [5, 5.41) is 21.0. The summed E-state index contributed by atoms with van der Waals surface area (Å²) in [6.07, 6.45) is 0. The molecule has 0 aliphatic heterocycles. The van der Waals surface area contributed by atoms with Crippen LogP contribution in [0.2, 0.25) is 0 Å². The minimum Gasteiger partial charge on any atom is -0.392 e. The first-order chi connectivity index (χ1) is 8.81. The van der Waals surface area contributed by atoms with Crippen LogP contribution in [-0.2, 0) is 13.2 Å². The molecule has 18 heavy (non-hydrogen) atoms. The third-order valence-electron chi connectivity index (χ3n) is 2.68. The van der Waals surface area contributed by atoms with E-state index in [1.165, 1.54) is 0 Å². The molecular weight excluding hydrogens is 224 g/mol. The molecule has 0 aromatic heterocycles. The van der Waals surface area contributed by atoms with E-state index < -0.39 is 0 Å². The molecule has 2 aromatic rings. The first-order valence-corrected chi connectivity index (χ1v) is 5.74. The van der Waals surface area contributed by atoms with Crippen LogP contribution in [0.3, 0.4) is 0 Å². The van der Waals surface area contributed by atoms with Gasteiger partial charge in [0.05, 0.1) is 18.2 Å². The van der Waals surface area contributed by atoms with Crippen molar-refractivity contribution < 1.29 is 5.11 Å². The van der Waals surface area contributed by atoms with Crippen LogP contribution in [0.1, 0.15) is 16.7 Å². The maximum Gasteiger partial charge on any atom is 0.0991 e. The molecule has 0 saturated carbocycles. The van der Waals surface area contributed by atoms with Crippen LogP contribution in [0, 0.1) is 11.3 Å². The van der Waals surface area contributed by atoms with E-state index in [9.17, 15) is 0 Å². The van der Waals surface area contributed by atoms with Crippen molar-refractivity contribution in [3.05, 3.63) is 65.2 Å². The molecule has 0 radical (unpaired) electrons. The SMILES string of the molecule is N#Cc1ccc(NCc2cccc(CO)c2)cc1. The molecule has 0 saturated heterocycles. The second-order valence-corrected chi connectivity index (χ2v) is 4.02. The minimum atomic E-state index is 0.0602. The second-order valence-electron chi connectivity index (χ2n) is 4.02. The molecule has 2 N–H and O–H groups in total. The average molecular weight is 238 g/mol. The van der Waals surface area contributed by atoms with Gasteiger partial charge in [-0.15, -0.1) is 0 Å². The Balaban J connectivity index is 2.00. The Morgan fingerprint density at radius 1 is 1.06 bits per heavy atom. The molecule has 3 nitrogen and oxygen atoms in total. The highest BCUT2D eigenvalue weighted by atomic mass is 16.3. The molecule has 0 fully saturated rings. The lowest BCUT2D eigenvalue weighted by Crippen LogP contribution is -1.99. The zero-order chi connectivity index (χ0) is 12.8. The summed E-state index contributed by atoms with van der Waals surface area (Å²) < 4.78 is 0. The van der Waals surface area contributed by atoms with E-state index >= 15 is 0 Å². The van der Waals surface area contributed by atoms with Crippen LogP contribution in [0.25, 0.3) is 0 Å². The first kappa shape index (κ1) is 12.2. The molecule has 3 heteroatoms. The van der Waals surface area contributed by atoms with Crippen LogP contribution in [0.15, 0.2) is 48.5 Å². The van der Waals surface area contributed by atoms with Gasteiger partial charge < -0.3 is 10.4 Å². The Morgan fingerprint density at radius 3 is 2.44 bits per heavy atom. The van der Waals surface area contributed by atoms with Crippen molar-refractivity contribution in [3.8, 4) is 6.07 Å². The number of nitrogens with zero attached hydrogens (tertiary/aromatic N) is 1. The van der Waals surface area contributed by atoms with E-state index in [1.54, 1.807) is 12.1 Å². The lowest BCUT2D eigenvalue weighted by Gasteiger charge is -2.07. The Kier molecular flexibility index (Phi) is 3.95. The Labute approximate surface area is 106 Å². The fraction of sp³-hybridized carbons (Fsp3) is 0.133. The molecule has 0 amide bonds. The van der Waals surface area contributed by atoms with Gasteiger partial charge in [0, 0.05) is 12.2 Å². The largest absolute Gasteiger partial charge is 0.392 e. The highest BCUT2D eigenvalue weighted by molar-refractivity contribution is 5.47. The summed E-state index contributed by atoms with van der Waals surface area (Å²) in [4.78, 5) is 0. The summed E-state index contributed by atoms with van der Waals surface area (Å²) in [5.41, 5.74) is 3.66.